The lowest BCUT2D eigenvalue weighted by atomic mass is 10.1. The molecule has 0 aromatic carbocycles. The van der Waals surface area contributed by atoms with Crippen molar-refractivity contribution in [3.8, 4) is 0 Å². The highest BCUT2D eigenvalue weighted by molar-refractivity contribution is 5.80. The van der Waals surface area contributed by atoms with E-state index in [4.69, 9.17) is 9.84 Å². The van der Waals surface area contributed by atoms with Crippen LogP contribution in [0.25, 0.3) is 0 Å². The molecule has 0 aliphatic heterocycles. The number of allylic oxidation sites excluding steroid dienone is 7. The summed E-state index contributed by atoms with van der Waals surface area (Å²) in [4.78, 5) is 34.8. The molecule has 0 aromatic rings. The van der Waals surface area contributed by atoms with Crippen molar-refractivity contribution in [2.45, 2.75) is 187 Å². The number of rotatable bonds is 34. The Hall–Kier alpha value is -2.63. The third kappa shape index (κ3) is 36.1. The molecule has 0 heterocycles. The SMILES string of the molecule is CCCCC/C=C\C/C=C\CCCCCCCC(=O)OC(/C=C\C/C=C\CCCCCC)CCCCCCCCC(=O)NCC(=O)O. The number of carbonyl (C=O) groups is 3. The van der Waals surface area contributed by atoms with Crippen LogP contribution in [0.4, 0.5) is 0 Å². The number of aliphatic carboxylic acids is 1. The van der Waals surface area contributed by atoms with E-state index in [1.165, 1.54) is 70.6 Å². The Labute approximate surface area is 289 Å². The van der Waals surface area contributed by atoms with Crippen molar-refractivity contribution in [3.05, 3.63) is 48.6 Å². The molecule has 0 saturated carbocycles. The second-order valence-corrected chi connectivity index (χ2v) is 12.8. The fraction of sp³-hybridized carbons (Fsp3) is 0.732. The maximum atomic E-state index is 12.6. The number of hydrogen-bond donors (Lipinski definition) is 2. The van der Waals surface area contributed by atoms with Gasteiger partial charge in [-0.3, -0.25) is 14.4 Å². The van der Waals surface area contributed by atoms with Gasteiger partial charge < -0.3 is 15.2 Å². The second-order valence-electron chi connectivity index (χ2n) is 12.8. The second kappa shape index (κ2) is 36.2. The van der Waals surface area contributed by atoms with Gasteiger partial charge in [0.2, 0.25) is 5.91 Å². The lowest BCUT2D eigenvalue weighted by Crippen LogP contribution is -2.28. The lowest BCUT2D eigenvalue weighted by Gasteiger charge is -2.14. The van der Waals surface area contributed by atoms with Gasteiger partial charge in [0.25, 0.3) is 0 Å². The molecule has 0 aliphatic carbocycles. The lowest BCUT2D eigenvalue weighted by molar-refractivity contribution is -0.147. The van der Waals surface area contributed by atoms with Crippen molar-refractivity contribution in [3.63, 3.8) is 0 Å². The van der Waals surface area contributed by atoms with Gasteiger partial charge in [-0.15, -0.1) is 0 Å². The van der Waals surface area contributed by atoms with Crippen LogP contribution < -0.4 is 5.32 Å². The molecule has 0 bridgehead atoms. The van der Waals surface area contributed by atoms with Gasteiger partial charge >= 0.3 is 11.9 Å². The minimum atomic E-state index is -1.02. The van der Waals surface area contributed by atoms with Crippen molar-refractivity contribution >= 4 is 17.8 Å². The highest BCUT2D eigenvalue weighted by atomic mass is 16.5. The summed E-state index contributed by atoms with van der Waals surface area (Å²) in [6, 6.07) is 0. The molecule has 1 atom stereocenters. The molecule has 0 saturated heterocycles. The number of carbonyl (C=O) groups excluding carboxylic acids is 2. The van der Waals surface area contributed by atoms with Crippen LogP contribution in [0, 0.1) is 0 Å². The van der Waals surface area contributed by atoms with Gasteiger partial charge in [0, 0.05) is 12.8 Å². The normalized spacial score (nSPS) is 12.6. The first-order chi connectivity index (χ1) is 23.0. The van der Waals surface area contributed by atoms with Gasteiger partial charge in [-0.2, -0.15) is 0 Å². The van der Waals surface area contributed by atoms with Crippen LogP contribution in [0.15, 0.2) is 48.6 Å². The molecule has 0 radical (unpaired) electrons. The number of unbranched alkanes of at least 4 members (excludes halogenated alkanes) is 17. The summed E-state index contributed by atoms with van der Waals surface area (Å²) in [7, 11) is 0. The predicted molar refractivity (Wildman–Crippen MR) is 198 cm³/mol. The molecule has 0 spiro atoms. The van der Waals surface area contributed by atoms with E-state index in [1.54, 1.807) is 0 Å². The quantitative estimate of drug-likeness (QED) is 0.0408. The molecule has 1 unspecified atom stereocenters. The van der Waals surface area contributed by atoms with Crippen LogP contribution in [0.3, 0.4) is 0 Å². The molecule has 270 valence electrons. The Kier molecular flexibility index (Phi) is 34.2. The minimum absolute atomic E-state index is 0.0852. The van der Waals surface area contributed by atoms with E-state index in [0.717, 1.165) is 83.5 Å². The van der Waals surface area contributed by atoms with Crippen LogP contribution in [0.5, 0.6) is 0 Å². The number of nitrogens with one attached hydrogen (secondary N) is 1. The molecule has 0 rings (SSSR count). The number of carboxylic acids is 1. The monoisotopic (exact) mass is 658 g/mol. The zero-order chi connectivity index (χ0) is 34.5. The third-order valence-electron chi connectivity index (χ3n) is 8.21. The number of amides is 1. The average Bonchev–Trinajstić information content (AvgIpc) is 3.05. The van der Waals surface area contributed by atoms with Gasteiger partial charge in [-0.1, -0.05) is 133 Å². The van der Waals surface area contributed by atoms with E-state index >= 15 is 0 Å². The minimum Gasteiger partial charge on any atom is -0.480 e. The highest BCUT2D eigenvalue weighted by Gasteiger charge is 2.11. The molecular weight excluding hydrogens is 586 g/mol. The first kappa shape index (κ1) is 44.4. The smallest absolute Gasteiger partial charge is 0.322 e. The first-order valence-electron chi connectivity index (χ1n) is 19.3. The summed E-state index contributed by atoms with van der Waals surface area (Å²) in [6.07, 6.45) is 45.3. The van der Waals surface area contributed by atoms with Gasteiger partial charge in [0.15, 0.2) is 0 Å². The molecule has 2 N–H and O–H groups in total. The third-order valence-corrected chi connectivity index (χ3v) is 8.21. The Morgan fingerprint density at radius 1 is 0.574 bits per heavy atom. The fourth-order valence-electron chi connectivity index (χ4n) is 5.32. The summed E-state index contributed by atoms with van der Waals surface area (Å²) < 4.78 is 5.90. The van der Waals surface area contributed by atoms with Crippen LogP contribution in [-0.4, -0.2) is 35.6 Å². The summed E-state index contributed by atoms with van der Waals surface area (Å²) in [6.45, 7) is 4.16. The number of ether oxygens (including phenoxy) is 1. The van der Waals surface area contributed by atoms with Crippen LogP contribution >= 0.6 is 0 Å². The van der Waals surface area contributed by atoms with Crippen LogP contribution in [0.2, 0.25) is 0 Å². The van der Waals surface area contributed by atoms with E-state index in [0.29, 0.717) is 12.8 Å². The van der Waals surface area contributed by atoms with Gasteiger partial charge in [0.05, 0.1) is 0 Å². The predicted octanol–water partition coefficient (Wildman–Crippen LogP) is 11.5. The summed E-state index contributed by atoms with van der Waals surface area (Å²) in [5.41, 5.74) is 0. The van der Waals surface area contributed by atoms with Crippen molar-refractivity contribution < 1.29 is 24.2 Å². The van der Waals surface area contributed by atoms with E-state index in [2.05, 4.69) is 67.8 Å². The van der Waals surface area contributed by atoms with E-state index in [9.17, 15) is 14.4 Å². The van der Waals surface area contributed by atoms with Crippen molar-refractivity contribution in [1.82, 2.24) is 5.32 Å². The van der Waals surface area contributed by atoms with E-state index in [-0.39, 0.29) is 24.5 Å². The molecule has 1 amide bonds. The Morgan fingerprint density at radius 2 is 1.04 bits per heavy atom. The average molecular weight is 658 g/mol. The van der Waals surface area contributed by atoms with Crippen molar-refractivity contribution in [1.29, 1.82) is 0 Å². The maximum Gasteiger partial charge on any atom is 0.322 e. The Morgan fingerprint density at radius 3 is 1.64 bits per heavy atom. The standard InChI is InChI=1S/C41H71NO5/c1-3-5-7-9-11-13-14-15-16-17-18-20-22-28-32-36-41(46)47-38(33-29-25-21-19-12-10-8-6-4-2)34-30-26-23-24-27-31-35-39(43)42-37-40(44)45/h11,13,15-16,19,21,29,33,38H,3-10,12,14,17-18,20,22-28,30-32,34-37H2,1-2H3,(H,42,43)(H,44,45)/b13-11-,16-15-,21-19-,33-29-. The number of hydrogen-bond acceptors (Lipinski definition) is 4. The van der Waals surface area contributed by atoms with Gasteiger partial charge in [-0.05, 0) is 83.1 Å². The zero-order valence-electron chi connectivity index (χ0n) is 30.4. The fourth-order valence-corrected chi connectivity index (χ4v) is 5.32. The van der Waals surface area contributed by atoms with Crippen molar-refractivity contribution in [2.75, 3.05) is 6.54 Å². The van der Waals surface area contributed by atoms with Crippen LogP contribution in [0.1, 0.15) is 181 Å². The maximum absolute atomic E-state index is 12.6. The van der Waals surface area contributed by atoms with Gasteiger partial charge in [0.1, 0.15) is 12.6 Å². The van der Waals surface area contributed by atoms with Gasteiger partial charge in [-0.25, -0.2) is 0 Å². The summed E-state index contributed by atoms with van der Waals surface area (Å²) >= 11 is 0. The molecule has 6 nitrogen and oxygen atoms in total. The highest BCUT2D eigenvalue weighted by Crippen LogP contribution is 2.15. The van der Waals surface area contributed by atoms with E-state index < -0.39 is 5.97 Å². The number of esters is 1. The summed E-state index contributed by atoms with van der Waals surface area (Å²) in [5.74, 6) is -1.30. The molecule has 0 aromatic heterocycles. The molecule has 0 fully saturated rings. The molecular formula is C41H71NO5. The topological polar surface area (TPSA) is 92.7 Å². The Balaban J connectivity index is 4.25. The largest absolute Gasteiger partial charge is 0.480 e. The van der Waals surface area contributed by atoms with E-state index in [1.807, 2.05) is 0 Å². The van der Waals surface area contributed by atoms with Crippen molar-refractivity contribution in [2.24, 2.45) is 0 Å². The summed E-state index contributed by atoms with van der Waals surface area (Å²) in [5, 5.41) is 11.0. The molecule has 6 heteroatoms. The Bertz CT molecular complexity index is 860. The first-order valence-corrected chi connectivity index (χ1v) is 19.3. The zero-order valence-corrected chi connectivity index (χ0v) is 30.4. The molecule has 47 heavy (non-hydrogen) atoms. The van der Waals surface area contributed by atoms with Crippen LogP contribution in [-0.2, 0) is 19.1 Å². The molecule has 0 aliphatic rings. The number of carboxylic acid groups (broad SMARTS) is 1.